The van der Waals surface area contributed by atoms with Crippen molar-refractivity contribution in [2.75, 3.05) is 18.1 Å². The normalized spacial score (nSPS) is 13.8. The van der Waals surface area contributed by atoms with Crippen LogP contribution in [0.5, 0.6) is 0 Å². The van der Waals surface area contributed by atoms with Crippen LogP contribution >= 0.6 is 0 Å². The summed E-state index contributed by atoms with van der Waals surface area (Å²) in [5.41, 5.74) is 1.03. The minimum absolute atomic E-state index is 0.204. The molecular formula is C12H21NO3S. The van der Waals surface area contributed by atoms with Crippen LogP contribution in [0.1, 0.15) is 25.8 Å². The fourth-order valence-electron chi connectivity index (χ4n) is 1.49. The Bertz CT molecular complexity index is 397. The van der Waals surface area contributed by atoms with Crippen LogP contribution < -0.4 is 5.32 Å². The monoisotopic (exact) mass is 259 g/mol. The highest BCUT2D eigenvalue weighted by atomic mass is 32.2. The van der Waals surface area contributed by atoms with Gasteiger partial charge >= 0.3 is 0 Å². The number of hydrogen-bond donors (Lipinski definition) is 1. The summed E-state index contributed by atoms with van der Waals surface area (Å²) in [5, 5.41) is 3.10. The molecule has 0 aromatic carbocycles. The molecule has 0 aliphatic heterocycles. The van der Waals surface area contributed by atoms with E-state index < -0.39 is 9.84 Å². The van der Waals surface area contributed by atoms with Crippen molar-refractivity contribution in [3.05, 3.63) is 24.2 Å². The Balaban J connectivity index is 2.21. The van der Waals surface area contributed by atoms with Crippen molar-refractivity contribution < 1.29 is 12.8 Å². The highest BCUT2D eigenvalue weighted by molar-refractivity contribution is 7.91. The molecule has 0 fully saturated rings. The predicted molar refractivity (Wildman–Crippen MR) is 68.5 cm³/mol. The zero-order chi connectivity index (χ0) is 12.7. The van der Waals surface area contributed by atoms with Crippen molar-refractivity contribution >= 4 is 9.84 Å². The molecule has 1 heterocycles. The third kappa shape index (κ3) is 5.89. The van der Waals surface area contributed by atoms with E-state index in [9.17, 15) is 8.42 Å². The molecule has 4 nitrogen and oxygen atoms in total. The highest BCUT2D eigenvalue weighted by Crippen LogP contribution is 2.05. The van der Waals surface area contributed by atoms with Crippen molar-refractivity contribution in [1.82, 2.24) is 5.32 Å². The van der Waals surface area contributed by atoms with E-state index in [2.05, 4.69) is 5.32 Å². The molecule has 0 spiro atoms. The Kier molecular flexibility index (Phi) is 5.71. The van der Waals surface area contributed by atoms with Gasteiger partial charge in [-0.25, -0.2) is 8.42 Å². The van der Waals surface area contributed by atoms with Gasteiger partial charge in [0.2, 0.25) is 0 Å². The Morgan fingerprint density at radius 3 is 2.82 bits per heavy atom. The second-order valence-corrected chi connectivity index (χ2v) is 6.66. The second-order valence-electron chi connectivity index (χ2n) is 4.44. The first-order valence-electron chi connectivity index (χ1n) is 5.95. The molecule has 0 saturated carbocycles. The zero-order valence-corrected chi connectivity index (χ0v) is 11.3. The Labute approximate surface area is 103 Å². The van der Waals surface area contributed by atoms with E-state index in [4.69, 9.17) is 4.42 Å². The molecule has 1 aromatic heterocycles. The molecule has 0 bridgehead atoms. The Morgan fingerprint density at radius 2 is 2.24 bits per heavy atom. The minimum Gasteiger partial charge on any atom is -0.472 e. The lowest BCUT2D eigenvalue weighted by atomic mass is 10.2. The minimum atomic E-state index is -2.92. The van der Waals surface area contributed by atoms with Gasteiger partial charge in [0, 0.05) is 18.7 Å². The summed E-state index contributed by atoms with van der Waals surface area (Å²) in [6.45, 7) is 5.12. The lowest BCUT2D eigenvalue weighted by molar-refractivity contribution is 0.557. The molecule has 0 aliphatic rings. The molecule has 0 saturated heterocycles. The maximum atomic E-state index is 11.7. The van der Waals surface area contributed by atoms with E-state index in [1.165, 1.54) is 0 Å². The number of nitrogens with one attached hydrogen (secondary N) is 1. The summed E-state index contributed by atoms with van der Waals surface area (Å²) in [6, 6.07) is 1.86. The van der Waals surface area contributed by atoms with Gasteiger partial charge in [-0.15, -0.1) is 0 Å². The van der Waals surface area contributed by atoms with Gasteiger partial charge in [0.05, 0.1) is 24.0 Å². The average Bonchev–Trinajstić information content (AvgIpc) is 2.76. The van der Waals surface area contributed by atoms with E-state index in [0.29, 0.717) is 13.1 Å². The maximum Gasteiger partial charge on any atom is 0.151 e. The molecule has 1 aromatic rings. The van der Waals surface area contributed by atoms with E-state index >= 15 is 0 Å². The third-order valence-corrected chi connectivity index (χ3v) is 4.64. The molecule has 0 amide bonds. The van der Waals surface area contributed by atoms with Crippen LogP contribution in [0.4, 0.5) is 0 Å². The van der Waals surface area contributed by atoms with Gasteiger partial charge < -0.3 is 9.73 Å². The summed E-state index contributed by atoms with van der Waals surface area (Å²) < 4.78 is 28.3. The van der Waals surface area contributed by atoms with Crippen LogP contribution in [0.15, 0.2) is 23.0 Å². The van der Waals surface area contributed by atoms with Crippen molar-refractivity contribution in [3.8, 4) is 0 Å². The van der Waals surface area contributed by atoms with Crippen molar-refractivity contribution in [2.45, 2.75) is 26.8 Å². The SMILES string of the molecule is CCC(C)CS(=O)(=O)CCNCc1ccoc1. The van der Waals surface area contributed by atoms with Crippen LogP contribution in [0.3, 0.4) is 0 Å². The third-order valence-electron chi connectivity index (χ3n) is 2.73. The molecular weight excluding hydrogens is 238 g/mol. The lowest BCUT2D eigenvalue weighted by Crippen LogP contribution is -2.25. The molecule has 1 atom stereocenters. The Hall–Kier alpha value is -0.810. The Morgan fingerprint density at radius 1 is 1.47 bits per heavy atom. The predicted octanol–water partition coefficient (Wildman–Crippen LogP) is 1.83. The molecule has 1 unspecified atom stereocenters. The van der Waals surface area contributed by atoms with Gasteiger partial charge in [-0.1, -0.05) is 20.3 Å². The molecule has 98 valence electrons. The van der Waals surface area contributed by atoms with Crippen molar-refractivity contribution in [3.63, 3.8) is 0 Å². The number of rotatable bonds is 8. The summed E-state index contributed by atoms with van der Waals surface area (Å²) in [4.78, 5) is 0. The summed E-state index contributed by atoms with van der Waals surface area (Å²) in [5.74, 6) is 0.736. The molecule has 17 heavy (non-hydrogen) atoms. The second kappa shape index (κ2) is 6.81. The largest absolute Gasteiger partial charge is 0.472 e. The zero-order valence-electron chi connectivity index (χ0n) is 10.5. The summed E-state index contributed by atoms with van der Waals surface area (Å²) in [6.07, 6.45) is 4.17. The van der Waals surface area contributed by atoms with Crippen molar-refractivity contribution in [1.29, 1.82) is 0 Å². The van der Waals surface area contributed by atoms with Crippen LogP contribution in [0.25, 0.3) is 0 Å². The number of furan rings is 1. The van der Waals surface area contributed by atoms with Crippen molar-refractivity contribution in [2.24, 2.45) is 5.92 Å². The summed E-state index contributed by atoms with van der Waals surface area (Å²) >= 11 is 0. The van der Waals surface area contributed by atoms with E-state index in [1.807, 2.05) is 19.9 Å². The van der Waals surface area contributed by atoms with Gasteiger partial charge in [0.1, 0.15) is 0 Å². The maximum absolute atomic E-state index is 11.7. The van der Waals surface area contributed by atoms with Crippen LogP contribution in [-0.4, -0.2) is 26.5 Å². The fraction of sp³-hybridized carbons (Fsp3) is 0.667. The van der Waals surface area contributed by atoms with Gasteiger partial charge in [0.25, 0.3) is 0 Å². The molecule has 5 heteroatoms. The van der Waals surface area contributed by atoms with Gasteiger partial charge in [-0.3, -0.25) is 0 Å². The van der Waals surface area contributed by atoms with Crippen LogP contribution in [0.2, 0.25) is 0 Å². The molecule has 0 aliphatic carbocycles. The molecule has 1 N–H and O–H groups in total. The van der Waals surface area contributed by atoms with E-state index in [1.54, 1.807) is 12.5 Å². The first-order valence-corrected chi connectivity index (χ1v) is 7.78. The summed E-state index contributed by atoms with van der Waals surface area (Å²) in [7, 11) is -2.92. The fourth-order valence-corrected chi connectivity index (χ4v) is 3.21. The average molecular weight is 259 g/mol. The van der Waals surface area contributed by atoms with Crippen LogP contribution in [-0.2, 0) is 16.4 Å². The van der Waals surface area contributed by atoms with Gasteiger partial charge in [-0.2, -0.15) is 0 Å². The number of sulfone groups is 1. The lowest BCUT2D eigenvalue weighted by Gasteiger charge is -2.09. The smallest absolute Gasteiger partial charge is 0.151 e. The van der Waals surface area contributed by atoms with E-state index in [0.717, 1.165) is 12.0 Å². The molecule has 0 radical (unpaired) electrons. The first kappa shape index (κ1) is 14.3. The number of hydrogen-bond acceptors (Lipinski definition) is 4. The van der Waals surface area contributed by atoms with Gasteiger partial charge in [0.15, 0.2) is 9.84 Å². The van der Waals surface area contributed by atoms with E-state index in [-0.39, 0.29) is 17.4 Å². The van der Waals surface area contributed by atoms with Crippen LogP contribution in [0, 0.1) is 5.92 Å². The molecule has 1 rings (SSSR count). The standard InChI is InChI=1S/C12H21NO3S/c1-3-11(2)10-17(14,15)7-5-13-8-12-4-6-16-9-12/h4,6,9,11,13H,3,5,7-8,10H2,1-2H3. The first-order chi connectivity index (χ1) is 8.03. The topological polar surface area (TPSA) is 59.3 Å². The quantitative estimate of drug-likeness (QED) is 0.724. The highest BCUT2D eigenvalue weighted by Gasteiger charge is 2.14. The van der Waals surface area contributed by atoms with Gasteiger partial charge in [-0.05, 0) is 12.0 Å².